The maximum Gasteiger partial charge on any atom is 0.144 e. The Kier molecular flexibility index (Phi) is 4.75. The van der Waals surface area contributed by atoms with Gasteiger partial charge in [-0.25, -0.2) is 4.39 Å². The normalized spacial score (nSPS) is 14.9. The van der Waals surface area contributed by atoms with E-state index in [1.165, 1.54) is 6.07 Å². The Morgan fingerprint density at radius 1 is 1.41 bits per heavy atom. The van der Waals surface area contributed by atoms with Gasteiger partial charge in [0.1, 0.15) is 21.9 Å². The molecule has 1 rings (SSSR count). The first-order chi connectivity index (χ1) is 7.71. The molecule has 17 heavy (non-hydrogen) atoms. The summed E-state index contributed by atoms with van der Waals surface area (Å²) in [6, 6.07) is 4.61. The average Bonchev–Trinajstić information content (AvgIpc) is 2.20. The van der Waals surface area contributed by atoms with Crippen molar-refractivity contribution in [2.45, 2.75) is 32.4 Å². The van der Waals surface area contributed by atoms with E-state index >= 15 is 0 Å². The van der Waals surface area contributed by atoms with Gasteiger partial charge in [-0.3, -0.25) is 0 Å². The van der Waals surface area contributed by atoms with Gasteiger partial charge in [0.15, 0.2) is 0 Å². The zero-order valence-corrected chi connectivity index (χ0v) is 12.7. The molecule has 0 aliphatic rings. The molecule has 1 aromatic rings. The van der Waals surface area contributed by atoms with E-state index in [0.717, 1.165) is 4.47 Å². The van der Waals surface area contributed by atoms with Gasteiger partial charge < -0.3 is 4.55 Å². The molecule has 0 bridgehead atoms. The molecule has 94 valence electrons. The van der Waals surface area contributed by atoms with Crippen molar-refractivity contribution in [3.63, 3.8) is 0 Å². The van der Waals surface area contributed by atoms with E-state index < -0.39 is 16.1 Å². The molecule has 0 spiro atoms. The summed E-state index contributed by atoms with van der Waals surface area (Å²) >= 11 is 1.90. The van der Waals surface area contributed by atoms with Crippen LogP contribution in [-0.2, 0) is 11.4 Å². The smallest absolute Gasteiger partial charge is 0.144 e. The standard InChI is InChI=1S/C12H15BrFNOS/c1-8(15-17(16)12(2,3)4)10-7-9(13)5-6-11(10)14/h5-7H,1-4H3/b15-8+. The molecule has 0 heterocycles. The monoisotopic (exact) mass is 319 g/mol. The molecular weight excluding hydrogens is 305 g/mol. The molecule has 0 saturated heterocycles. The summed E-state index contributed by atoms with van der Waals surface area (Å²) < 4.78 is 29.8. The van der Waals surface area contributed by atoms with Gasteiger partial charge in [0.25, 0.3) is 0 Å². The SMILES string of the molecule is C/C(=N\[S+]([O-])C(C)(C)C)c1cc(Br)ccc1F. The van der Waals surface area contributed by atoms with E-state index in [1.807, 2.05) is 20.8 Å². The molecule has 0 fully saturated rings. The van der Waals surface area contributed by atoms with Crippen molar-refractivity contribution in [2.24, 2.45) is 4.40 Å². The van der Waals surface area contributed by atoms with Crippen LogP contribution in [0.25, 0.3) is 0 Å². The molecule has 0 aromatic heterocycles. The van der Waals surface area contributed by atoms with Crippen LogP contribution in [0, 0.1) is 5.82 Å². The van der Waals surface area contributed by atoms with Crippen LogP contribution in [0.2, 0.25) is 0 Å². The number of rotatable bonds is 2. The van der Waals surface area contributed by atoms with Gasteiger partial charge in [-0.1, -0.05) is 20.3 Å². The predicted molar refractivity (Wildman–Crippen MR) is 74.2 cm³/mol. The van der Waals surface area contributed by atoms with Crippen LogP contribution in [-0.4, -0.2) is 15.0 Å². The maximum absolute atomic E-state index is 13.6. The van der Waals surface area contributed by atoms with Crippen LogP contribution >= 0.6 is 15.9 Å². The second-order valence-electron chi connectivity index (χ2n) is 4.66. The summed E-state index contributed by atoms with van der Waals surface area (Å²) in [5.41, 5.74) is 0.814. The van der Waals surface area contributed by atoms with E-state index in [0.29, 0.717) is 11.3 Å². The Hall–Kier alpha value is -0.390. The minimum atomic E-state index is -1.38. The van der Waals surface area contributed by atoms with E-state index in [-0.39, 0.29) is 5.82 Å². The van der Waals surface area contributed by atoms with Crippen LogP contribution in [0.3, 0.4) is 0 Å². The maximum atomic E-state index is 13.6. The minimum absolute atomic E-state index is 0.361. The summed E-state index contributed by atoms with van der Waals surface area (Å²) in [6.07, 6.45) is 0. The van der Waals surface area contributed by atoms with Crippen molar-refractivity contribution < 1.29 is 8.94 Å². The fourth-order valence-corrected chi connectivity index (χ4v) is 2.07. The summed E-state index contributed by atoms with van der Waals surface area (Å²) in [6.45, 7) is 7.15. The summed E-state index contributed by atoms with van der Waals surface area (Å²) in [7, 11) is 0. The van der Waals surface area contributed by atoms with Crippen LogP contribution < -0.4 is 0 Å². The summed E-state index contributed by atoms with van der Waals surface area (Å²) in [4.78, 5) is 0. The first-order valence-corrected chi connectivity index (χ1v) is 7.04. The number of hydrogen-bond donors (Lipinski definition) is 0. The second kappa shape index (κ2) is 5.50. The third-order valence-electron chi connectivity index (χ3n) is 2.06. The van der Waals surface area contributed by atoms with Crippen LogP contribution in [0.5, 0.6) is 0 Å². The predicted octanol–water partition coefficient (Wildman–Crippen LogP) is 3.86. The molecule has 1 unspecified atom stereocenters. The largest absolute Gasteiger partial charge is 0.591 e. The fourth-order valence-electron chi connectivity index (χ4n) is 1.09. The second-order valence-corrected chi connectivity index (χ2v) is 7.48. The first-order valence-electron chi connectivity index (χ1n) is 5.14. The Morgan fingerprint density at radius 2 is 2.00 bits per heavy atom. The van der Waals surface area contributed by atoms with Gasteiger partial charge in [0.05, 0.1) is 5.71 Å². The molecule has 0 aliphatic carbocycles. The molecule has 5 heteroatoms. The van der Waals surface area contributed by atoms with Gasteiger partial charge in [-0.2, -0.15) is 0 Å². The molecule has 0 amide bonds. The van der Waals surface area contributed by atoms with E-state index in [1.54, 1.807) is 19.1 Å². The third-order valence-corrected chi connectivity index (χ3v) is 4.04. The zero-order valence-electron chi connectivity index (χ0n) is 10.3. The highest BCUT2D eigenvalue weighted by Crippen LogP contribution is 2.21. The van der Waals surface area contributed by atoms with Crippen molar-refractivity contribution in [3.8, 4) is 0 Å². The van der Waals surface area contributed by atoms with Gasteiger partial charge in [-0.05, 0) is 45.9 Å². The Morgan fingerprint density at radius 3 is 2.53 bits per heavy atom. The fraction of sp³-hybridized carbons (Fsp3) is 0.417. The minimum Gasteiger partial charge on any atom is -0.591 e. The Labute approximate surface area is 113 Å². The molecular formula is C12H15BrFNOS. The molecule has 0 radical (unpaired) electrons. The summed E-state index contributed by atoms with van der Waals surface area (Å²) in [5, 5.41) is 0. The van der Waals surface area contributed by atoms with Crippen molar-refractivity contribution in [2.75, 3.05) is 0 Å². The molecule has 0 saturated carbocycles. The lowest BCUT2D eigenvalue weighted by Gasteiger charge is -2.18. The van der Waals surface area contributed by atoms with Crippen molar-refractivity contribution in [1.82, 2.24) is 0 Å². The quantitative estimate of drug-likeness (QED) is 0.602. The number of halogens is 2. The topological polar surface area (TPSA) is 35.4 Å². The average molecular weight is 320 g/mol. The van der Waals surface area contributed by atoms with Gasteiger partial charge in [0, 0.05) is 10.0 Å². The third kappa shape index (κ3) is 4.08. The molecule has 0 aliphatic heterocycles. The van der Waals surface area contributed by atoms with Crippen LogP contribution in [0.4, 0.5) is 4.39 Å². The van der Waals surface area contributed by atoms with Crippen molar-refractivity contribution in [1.29, 1.82) is 0 Å². The van der Waals surface area contributed by atoms with Crippen molar-refractivity contribution in [3.05, 3.63) is 34.1 Å². The van der Waals surface area contributed by atoms with Crippen molar-refractivity contribution >= 4 is 33.0 Å². The number of hydrogen-bond acceptors (Lipinski definition) is 2. The molecule has 1 aromatic carbocycles. The molecule has 0 N–H and O–H groups in total. The highest BCUT2D eigenvalue weighted by molar-refractivity contribution is 9.10. The highest BCUT2D eigenvalue weighted by atomic mass is 79.9. The van der Waals surface area contributed by atoms with E-state index in [9.17, 15) is 8.94 Å². The van der Waals surface area contributed by atoms with Gasteiger partial charge in [-0.15, -0.1) is 0 Å². The van der Waals surface area contributed by atoms with Gasteiger partial charge in [0.2, 0.25) is 0 Å². The first kappa shape index (κ1) is 14.7. The van der Waals surface area contributed by atoms with Crippen LogP contribution in [0.1, 0.15) is 33.3 Å². The molecule has 1 atom stereocenters. The Bertz CT molecular complexity index is 443. The number of benzene rings is 1. The van der Waals surface area contributed by atoms with E-state index in [2.05, 4.69) is 20.3 Å². The lowest BCUT2D eigenvalue weighted by Crippen LogP contribution is -2.26. The summed E-state index contributed by atoms with van der Waals surface area (Å²) in [5.74, 6) is -0.361. The lowest BCUT2D eigenvalue weighted by atomic mass is 10.1. The van der Waals surface area contributed by atoms with E-state index in [4.69, 9.17) is 0 Å². The highest BCUT2D eigenvalue weighted by Gasteiger charge is 2.27. The lowest BCUT2D eigenvalue weighted by molar-refractivity contribution is 0.561. The van der Waals surface area contributed by atoms with Gasteiger partial charge >= 0.3 is 0 Å². The van der Waals surface area contributed by atoms with Crippen LogP contribution in [0.15, 0.2) is 27.1 Å². The number of nitrogens with zero attached hydrogens (tertiary/aromatic N) is 1. The molecule has 2 nitrogen and oxygen atoms in total. The Balaban J connectivity index is 3.08. The zero-order chi connectivity index (χ0) is 13.2.